The van der Waals surface area contributed by atoms with Crippen LogP contribution in [-0.2, 0) is 11.3 Å². The molecule has 0 saturated carbocycles. The third-order valence-corrected chi connectivity index (χ3v) is 6.42. The van der Waals surface area contributed by atoms with Crippen LogP contribution in [0.3, 0.4) is 0 Å². The molecule has 9 nitrogen and oxygen atoms in total. The fourth-order valence-corrected chi connectivity index (χ4v) is 4.35. The van der Waals surface area contributed by atoms with E-state index in [0.29, 0.717) is 18.9 Å². The molecule has 5 rings (SSSR count). The van der Waals surface area contributed by atoms with Gasteiger partial charge < -0.3 is 15.5 Å². The van der Waals surface area contributed by atoms with Crippen molar-refractivity contribution in [1.82, 2.24) is 30.3 Å². The molecule has 1 amide bonds. The number of carbonyl (C=O) groups is 1. The molecule has 0 aromatic carbocycles. The van der Waals surface area contributed by atoms with Gasteiger partial charge in [-0.15, -0.1) is 5.10 Å². The van der Waals surface area contributed by atoms with Crippen LogP contribution in [0.25, 0.3) is 11.3 Å². The quantitative estimate of drug-likeness (QED) is 0.616. The lowest BCUT2D eigenvalue weighted by Crippen LogP contribution is -2.52. The van der Waals surface area contributed by atoms with Crippen molar-refractivity contribution in [2.45, 2.75) is 26.3 Å². The highest BCUT2D eigenvalue weighted by atomic mass is 16.2. The van der Waals surface area contributed by atoms with E-state index in [4.69, 9.17) is 0 Å². The molecule has 2 aliphatic rings. The Balaban J connectivity index is 1.20. The summed E-state index contributed by atoms with van der Waals surface area (Å²) in [7, 11) is 0. The summed E-state index contributed by atoms with van der Waals surface area (Å²) in [6.45, 7) is 6.61. The number of nitrogens with one attached hydrogen (secondary N) is 2. The lowest BCUT2D eigenvalue weighted by molar-refractivity contribution is -0.120. The highest BCUT2D eigenvalue weighted by Crippen LogP contribution is 2.30. The van der Waals surface area contributed by atoms with Crippen LogP contribution in [0.5, 0.6) is 0 Å². The van der Waals surface area contributed by atoms with E-state index in [1.165, 1.54) is 0 Å². The number of piperidine rings is 1. The minimum absolute atomic E-state index is 0.0238. The molecule has 2 N–H and O–H groups in total. The molecule has 3 aromatic heterocycles. The normalized spacial score (nSPS) is 18.2. The average Bonchev–Trinajstić information content (AvgIpc) is 3.22. The van der Waals surface area contributed by atoms with Crippen molar-refractivity contribution >= 4 is 17.5 Å². The average molecular weight is 433 g/mol. The summed E-state index contributed by atoms with van der Waals surface area (Å²) in [6, 6.07) is 9.43. The fourth-order valence-electron chi connectivity index (χ4n) is 4.35. The molecule has 0 unspecified atom stereocenters. The van der Waals surface area contributed by atoms with Crippen LogP contribution >= 0.6 is 0 Å². The van der Waals surface area contributed by atoms with Gasteiger partial charge in [-0.1, -0.05) is 13.0 Å². The molecule has 166 valence electrons. The van der Waals surface area contributed by atoms with Crippen LogP contribution in [0.1, 0.15) is 19.8 Å². The summed E-state index contributed by atoms with van der Waals surface area (Å²) in [4.78, 5) is 19.3. The summed E-state index contributed by atoms with van der Waals surface area (Å²) in [5, 5.41) is 18.9. The van der Waals surface area contributed by atoms with Crippen molar-refractivity contribution in [3.8, 4) is 11.3 Å². The van der Waals surface area contributed by atoms with E-state index in [9.17, 15) is 4.79 Å². The number of carbonyl (C=O) groups excluding carboxylic acids is 1. The van der Waals surface area contributed by atoms with Crippen molar-refractivity contribution in [2.24, 2.45) is 11.3 Å². The standard InChI is InChI=1S/C23H28N8O/c1-23(7-10-24-11-8-23)16-31-15-17(12-26-31)19-4-2-5-20(27-19)28-22(32)18-13-30(14-18)21-6-3-9-25-29-21/h2-6,9,12,15,18,24H,7-8,10-11,13-14,16H2,1H3,(H,27,28,32). The van der Waals surface area contributed by atoms with E-state index in [0.717, 1.165) is 49.6 Å². The Morgan fingerprint density at radius 2 is 2.06 bits per heavy atom. The monoisotopic (exact) mass is 432 g/mol. The van der Waals surface area contributed by atoms with Gasteiger partial charge in [-0.25, -0.2) is 4.98 Å². The zero-order chi connectivity index (χ0) is 22.0. The summed E-state index contributed by atoms with van der Waals surface area (Å²) < 4.78 is 2.02. The van der Waals surface area contributed by atoms with E-state index in [1.54, 1.807) is 6.20 Å². The Hall–Kier alpha value is -3.33. The fraction of sp³-hybridized carbons (Fsp3) is 0.435. The predicted molar refractivity (Wildman–Crippen MR) is 122 cm³/mol. The SMILES string of the molecule is CC1(Cn2cc(-c3cccc(NC(=O)C4CN(c5cccnn5)C4)n3)cn2)CCNCC1. The Kier molecular flexibility index (Phi) is 5.57. The van der Waals surface area contributed by atoms with Crippen LogP contribution in [-0.4, -0.2) is 57.0 Å². The maximum absolute atomic E-state index is 12.6. The van der Waals surface area contributed by atoms with Crippen LogP contribution in [0.15, 0.2) is 48.9 Å². The van der Waals surface area contributed by atoms with Gasteiger partial charge in [0.25, 0.3) is 0 Å². The molecule has 3 aromatic rings. The molecule has 0 aliphatic carbocycles. The Morgan fingerprint density at radius 1 is 1.22 bits per heavy atom. The zero-order valence-electron chi connectivity index (χ0n) is 18.2. The summed E-state index contributed by atoms with van der Waals surface area (Å²) in [5.41, 5.74) is 2.02. The van der Waals surface area contributed by atoms with Gasteiger partial charge in [-0.05, 0) is 55.6 Å². The summed E-state index contributed by atoms with van der Waals surface area (Å²) in [6.07, 6.45) is 7.84. The topological polar surface area (TPSA) is 101 Å². The first kappa shape index (κ1) is 20.6. The molecule has 2 saturated heterocycles. The van der Waals surface area contributed by atoms with Gasteiger partial charge >= 0.3 is 0 Å². The smallest absolute Gasteiger partial charge is 0.232 e. The number of nitrogens with zero attached hydrogens (tertiary/aromatic N) is 6. The van der Waals surface area contributed by atoms with E-state index < -0.39 is 0 Å². The van der Waals surface area contributed by atoms with Crippen molar-refractivity contribution in [3.05, 3.63) is 48.9 Å². The van der Waals surface area contributed by atoms with E-state index >= 15 is 0 Å². The van der Waals surface area contributed by atoms with Crippen LogP contribution < -0.4 is 15.5 Å². The highest BCUT2D eigenvalue weighted by molar-refractivity contribution is 5.93. The third kappa shape index (κ3) is 4.47. The Bertz CT molecular complexity index is 1070. The first-order valence-electron chi connectivity index (χ1n) is 11.1. The van der Waals surface area contributed by atoms with Gasteiger partial charge in [0.2, 0.25) is 5.91 Å². The molecule has 32 heavy (non-hydrogen) atoms. The lowest BCUT2D eigenvalue weighted by atomic mass is 9.81. The number of hydrogen-bond donors (Lipinski definition) is 2. The predicted octanol–water partition coefficient (Wildman–Crippen LogP) is 2.20. The molecular formula is C23H28N8O. The molecular weight excluding hydrogens is 404 g/mol. The number of pyridine rings is 1. The van der Waals surface area contributed by atoms with Crippen molar-refractivity contribution < 1.29 is 4.79 Å². The number of rotatable bonds is 6. The van der Waals surface area contributed by atoms with Gasteiger partial charge in [-0.2, -0.15) is 10.2 Å². The van der Waals surface area contributed by atoms with E-state index in [1.807, 2.05) is 52.3 Å². The molecule has 5 heterocycles. The first-order valence-corrected chi connectivity index (χ1v) is 11.1. The van der Waals surface area contributed by atoms with E-state index in [-0.39, 0.29) is 17.2 Å². The summed E-state index contributed by atoms with van der Waals surface area (Å²) >= 11 is 0. The van der Waals surface area contributed by atoms with Crippen LogP contribution in [0.4, 0.5) is 11.6 Å². The molecule has 0 bridgehead atoms. The third-order valence-electron chi connectivity index (χ3n) is 6.42. The minimum Gasteiger partial charge on any atom is -0.353 e. The second kappa shape index (κ2) is 8.66. The molecule has 0 spiro atoms. The lowest BCUT2D eigenvalue weighted by Gasteiger charge is -2.38. The Labute approximate surface area is 187 Å². The van der Waals surface area contributed by atoms with Gasteiger partial charge in [0, 0.05) is 37.6 Å². The van der Waals surface area contributed by atoms with Gasteiger partial charge in [0.1, 0.15) is 5.82 Å². The second-order valence-corrected chi connectivity index (χ2v) is 9.07. The minimum atomic E-state index is -0.0871. The highest BCUT2D eigenvalue weighted by Gasteiger charge is 2.34. The number of anilines is 2. The number of hydrogen-bond acceptors (Lipinski definition) is 7. The van der Waals surface area contributed by atoms with Crippen molar-refractivity contribution in [2.75, 3.05) is 36.4 Å². The van der Waals surface area contributed by atoms with Crippen LogP contribution in [0, 0.1) is 11.3 Å². The molecule has 2 fully saturated rings. The number of amides is 1. The largest absolute Gasteiger partial charge is 0.353 e. The zero-order valence-corrected chi connectivity index (χ0v) is 18.2. The van der Waals surface area contributed by atoms with Crippen molar-refractivity contribution in [1.29, 1.82) is 0 Å². The molecule has 2 aliphatic heterocycles. The second-order valence-electron chi connectivity index (χ2n) is 9.07. The summed E-state index contributed by atoms with van der Waals surface area (Å²) in [5.74, 6) is 1.25. The van der Waals surface area contributed by atoms with Gasteiger partial charge in [-0.3, -0.25) is 9.48 Å². The van der Waals surface area contributed by atoms with Crippen molar-refractivity contribution in [3.63, 3.8) is 0 Å². The number of aromatic nitrogens is 5. The molecule has 0 radical (unpaired) electrons. The van der Waals surface area contributed by atoms with Gasteiger partial charge in [0.15, 0.2) is 5.82 Å². The first-order chi connectivity index (χ1) is 15.6. The van der Waals surface area contributed by atoms with E-state index in [2.05, 4.69) is 37.8 Å². The molecule has 0 atom stereocenters. The van der Waals surface area contributed by atoms with Gasteiger partial charge in [0.05, 0.1) is 17.8 Å². The Morgan fingerprint density at radius 3 is 2.84 bits per heavy atom. The maximum atomic E-state index is 12.6. The maximum Gasteiger partial charge on any atom is 0.232 e. The van der Waals surface area contributed by atoms with Crippen LogP contribution in [0.2, 0.25) is 0 Å². The molecule has 9 heteroatoms.